The molecule has 0 aliphatic rings. The number of hydrogen-bond acceptors (Lipinski definition) is 3. The van der Waals surface area contributed by atoms with Crippen molar-refractivity contribution in [3.63, 3.8) is 0 Å². The van der Waals surface area contributed by atoms with Gasteiger partial charge in [0.2, 0.25) is 5.91 Å². The van der Waals surface area contributed by atoms with Crippen LogP contribution in [0.4, 0.5) is 0 Å². The Balaban J connectivity index is 2.52. The van der Waals surface area contributed by atoms with Gasteiger partial charge >= 0.3 is 0 Å². The van der Waals surface area contributed by atoms with Gasteiger partial charge in [-0.05, 0) is 36.8 Å². The van der Waals surface area contributed by atoms with E-state index in [0.717, 1.165) is 18.7 Å². The number of hydrogen-bond donors (Lipinski definition) is 2. The van der Waals surface area contributed by atoms with Gasteiger partial charge in [0.05, 0.1) is 6.04 Å². The highest BCUT2D eigenvalue weighted by atomic mass is 16.2. The van der Waals surface area contributed by atoms with Crippen LogP contribution in [0.15, 0.2) is 24.3 Å². The van der Waals surface area contributed by atoms with E-state index in [9.17, 15) is 4.79 Å². The maximum absolute atomic E-state index is 12.2. The van der Waals surface area contributed by atoms with Crippen molar-refractivity contribution in [2.75, 3.05) is 13.6 Å². The molecule has 0 spiro atoms. The first-order valence-corrected chi connectivity index (χ1v) is 8.41. The quantitative estimate of drug-likeness (QED) is 0.812. The third-order valence-corrected chi connectivity index (χ3v) is 3.90. The van der Waals surface area contributed by atoms with Gasteiger partial charge in [-0.3, -0.25) is 4.79 Å². The highest BCUT2D eigenvalue weighted by Crippen LogP contribution is 2.12. The van der Waals surface area contributed by atoms with Gasteiger partial charge in [0.15, 0.2) is 0 Å². The number of amides is 1. The fourth-order valence-electron chi connectivity index (χ4n) is 2.23. The zero-order valence-corrected chi connectivity index (χ0v) is 15.5. The second kappa shape index (κ2) is 8.46. The smallest absolute Gasteiger partial charge is 0.239 e. The summed E-state index contributed by atoms with van der Waals surface area (Å²) in [6.07, 6.45) is 0.575. The summed E-state index contributed by atoms with van der Waals surface area (Å²) < 4.78 is 0. The Labute approximate surface area is 141 Å². The summed E-state index contributed by atoms with van der Waals surface area (Å²) >= 11 is 0. The van der Waals surface area contributed by atoms with E-state index >= 15 is 0 Å². The van der Waals surface area contributed by atoms with E-state index in [1.54, 1.807) is 11.9 Å². The predicted octanol–water partition coefficient (Wildman–Crippen LogP) is 2.56. The van der Waals surface area contributed by atoms with Crippen molar-refractivity contribution in [1.82, 2.24) is 10.2 Å². The number of nitrogens with two attached hydrogens (primary N) is 1. The molecule has 0 aromatic heterocycles. The van der Waals surface area contributed by atoms with Crippen molar-refractivity contribution < 1.29 is 4.79 Å². The average Bonchev–Trinajstić information content (AvgIpc) is 2.46. The van der Waals surface area contributed by atoms with E-state index in [1.165, 1.54) is 5.56 Å². The lowest BCUT2D eigenvalue weighted by Gasteiger charge is -2.25. The van der Waals surface area contributed by atoms with E-state index in [4.69, 9.17) is 5.73 Å². The number of likely N-dealkylation sites (N-methyl/N-ethyl adjacent to an activating group) is 1. The third kappa shape index (κ3) is 7.14. The Morgan fingerprint density at radius 3 is 2.17 bits per heavy atom. The van der Waals surface area contributed by atoms with Crippen LogP contribution in [0.3, 0.4) is 0 Å². The Hall–Kier alpha value is -1.39. The maximum atomic E-state index is 12.2. The summed E-state index contributed by atoms with van der Waals surface area (Å²) in [5.41, 5.74) is 8.68. The number of carbonyl (C=O) groups is 1. The third-order valence-electron chi connectivity index (χ3n) is 3.90. The van der Waals surface area contributed by atoms with E-state index < -0.39 is 6.04 Å². The number of benzene rings is 1. The largest absolute Gasteiger partial charge is 0.342 e. The molecule has 1 aromatic carbocycles. The van der Waals surface area contributed by atoms with Crippen LogP contribution in [0.25, 0.3) is 0 Å². The van der Waals surface area contributed by atoms with E-state index in [0.29, 0.717) is 6.42 Å². The van der Waals surface area contributed by atoms with Crippen molar-refractivity contribution in [2.24, 2.45) is 11.1 Å². The first kappa shape index (κ1) is 19.7. The van der Waals surface area contributed by atoms with Crippen LogP contribution in [-0.4, -0.2) is 36.5 Å². The zero-order valence-electron chi connectivity index (χ0n) is 15.5. The molecule has 1 amide bonds. The molecular formula is C19H33N3O. The van der Waals surface area contributed by atoms with Gasteiger partial charge in [0, 0.05) is 26.2 Å². The van der Waals surface area contributed by atoms with Crippen molar-refractivity contribution in [3.05, 3.63) is 35.4 Å². The van der Waals surface area contributed by atoms with Gasteiger partial charge in [-0.1, -0.05) is 45.0 Å². The molecule has 0 radical (unpaired) electrons. The highest BCUT2D eigenvalue weighted by molar-refractivity contribution is 5.82. The lowest BCUT2D eigenvalue weighted by molar-refractivity contribution is -0.132. The van der Waals surface area contributed by atoms with Gasteiger partial charge in [0.1, 0.15) is 0 Å². The summed E-state index contributed by atoms with van der Waals surface area (Å²) in [6, 6.07) is 8.03. The minimum Gasteiger partial charge on any atom is -0.342 e. The topological polar surface area (TPSA) is 58.4 Å². The summed E-state index contributed by atoms with van der Waals surface area (Å²) in [6.45, 7) is 12.5. The molecule has 0 heterocycles. The maximum Gasteiger partial charge on any atom is 0.239 e. The minimum atomic E-state index is -0.479. The van der Waals surface area contributed by atoms with Crippen LogP contribution in [0, 0.1) is 5.41 Å². The van der Waals surface area contributed by atoms with Crippen LogP contribution >= 0.6 is 0 Å². The molecule has 1 rings (SSSR count). The molecule has 23 heavy (non-hydrogen) atoms. The van der Waals surface area contributed by atoms with Gasteiger partial charge < -0.3 is 16.0 Å². The number of carbonyl (C=O) groups excluding carboxylic acids is 1. The second-order valence-electron chi connectivity index (χ2n) is 7.83. The molecule has 0 bridgehead atoms. The monoisotopic (exact) mass is 319 g/mol. The summed E-state index contributed by atoms with van der Waals surface area (Å²) in [7, 11) is 1.80. The average molecular weight is 319 g/mol. The van der Waals surface area contributed by atoms with Crippen LogP contribution in [-0.2, 0) is 17.8 Å². The molecule has 1 atom stereocenters. The Bertz CT molecular complexity index is 488. The summed E-state index contributed by atoms with van der Waals surface area (Å²) in [4.78, 5) is 13.9. The number of nitrogens with zero attached hydrogens (tertiary/aromatic N) is 1. The number of nitrogens with one attached hydrogen (secondary N) is 1. The molecular weight excluding hydrogens is 286 g/mol. The van der Waals surface area contributed by atoms with Gasteiger partial charge in [0.25, 0.3) is 0 Å². The molecule has 1 aromatic rings. The van der Waals surface area contributed by atoms with E-state index in [1.807, 2.05) is 13.8 Å². The molecule has 4 nitrogen and oxygen atoms in total. The van der Waals surface area contributed by atoms with E-state index in [-0.39, 0.29) is 17.4 Å². The van der Waals surface area contributed by atoms with Crippen molar-refractivity contribution in [3.8, 4) is 0 Å². The second-order valence-corrected chi connectivity index (χ2v) is 7.83. The van der Waals surface area contributed by atoms with Crippen LogP contribution < -0.4 is 11.1 Å². The highest BCUT2D eigenvalue weighted by Gasteiger charge is 2.20. The predicted molar refractivity (Wildman–Crippen MR) is 97.2 cm³/mol. The van der Waals surface area contributed by atoms with Crippen molar-refractivity contribution in [1.29, 1.82) is 0 Å². The van der Waals surface area contributed by atoms with Crippen LogP contribution in [0.1, 0.15) is 45.7 Å². The molecule has 4 heteroatoms. The van der Waals surface area contributed by atoms with Crippen LogP contribution in [0.2, 0.25) is 0 Å². The zero-order chi connectivity index (χ0) is 17.6. The molecule has 0 saturated heterocycles. The summed E-state index contributed by atoms with van der Waals surface area (Å²) in [5, 5.41) is 3.46. The Kier molecular flexibility index (Phi) is 7.23. The van der Waals surface area contributed by atoms with Crippen molar-refractivity contribution in [2.45, 2.75) is 59.7 Å². The normalized spacial score (nSPS) is 13.2. The Morgan fingerprint density at radius 2 is 1.70 bits per heavy atom. The first-order chi connectivity index (χ1) is 10.6. The SMILES string of the molecule is CC(C)N(C)C(=O)C(N)Cc1ccc(CNCC(C)(C)C)cc1. The molecule has 1 unspecified atom stereocenters. The molecule has 0 aliphatic carbocycles. The summed E-state index contributed by atoms with van der Waals surface area (Å²) in [5.74, 6) is -0.00378. The van der Waals surface area contributed by atoms with Gasteiger partial charge in [-0.2, -0.15) is 0 Å². The lowest BCUT2D eigenvalue weighted by atomic mass is 9.97. The minimum absolute atomic E-state index is 0.00378. The van der Waals surface area contributed by atoms with Crippen LogP contribution in [0.5, 0.6) is 0 Å². The van der Waals surface area contributed by atoms with Crippen molar-refractivity contribution >= 4 is 5.91 Å². The number of rotatable bonds is 7. The molecule has 3 N–H and O–H groups in total. The molecule has 0 aliphatic heterocycles. The van der Waals surface area contributed by atoms with Gasteiger partial charge in [-0.25, -0.2) is 0 Å². The fraction of sp³-hybridized carbons (Fsp3) is 0.632. The lowest BCUT2D eigenvalue weighted by Crippen LogP contribution is -2.45. The molecule has 0 saturated carbocycles. The fourth-order valence-corrected chi connectivity index (χ4v) is 2.23. The van der Waals surface area contributed by atoms with Gasteiger partial charge in [-0.15, -0.1) is 0 Å². The van der Waals surface area contributed by atoms with E-state index in [2.05, 4.69) is 50.4 Å². The molecule has 130 valence electrons. The standard InChI is InChI=1S/C19H33N3O/c1-14(2)22(6)18(23)17(20)11-15-7-9-16(10-8-15)12-21-13-19(3,4)5/h7-10,14,17,21H,11-13,20H2,1-6H3. The first-order valence-electron chi connectivity index (χ1n) is 8.41. The molecule has 0 fully saturated rings. The Morgan fingerprint density at radius 1 is 1.17 bits per heavy atom.